The quantitative estimate of drug-likeness (QED) is 0.690. The molecule has 0 aliphatic carbocycles. The summed E-state index contributed by atoms with van der Waals surface area (Å²) in [5.41, 5.74) is 1.05. The summed E-state index contributed by atoms with van der Waals surface area (Å²) < 4.78 is 22.2. The van der Waals surface area contributed by atoms with Gasteiger partial charge in [-0.2, -0.15) is 0 Å². The molecule has 1 aliphatic heterocycles. The summed E-state index contributed by atoms with van der Waals surface area (Å²) in [7, 11) is 5.01. The van der Waals surface area contributed by atoms with Crippen molar-refractivity contribution in [2.24, 2.45) is 0 Å². The molecule has 0 amide bonds. The molecule has 0 radical (unpaired) electrons. The third-order valence-electron chi connectivity index (χ3n) is 5.44. The predicted molar refractivity (Wildman–Crippen MR) is 103 cm³/mol. The largest absolute Gasteiger partial charge is 0.496 e. The van der Waals surface area contributed by atoms with Crippen LogP contribution in [0.25, 0.3) is 0 Å². The highest BCUT2D eigenvalue weighted by Crippen LogP contribution is 2.33. The Hall–Kier alpha value is -2.18. The average molecular weight is 376 g/mol. The van der Waals surface area contributed by atoms with Crippen LogP contribution in [0.1, 0.15) is 36.6 Å². The monoisotopic (exact) mass is 376 g/mol. The molecule has 1 fully saturated rings. The number of benzene rings is 1. The second-order valence-electron chi connectivity index (χ2n) is 7.03. The van der Waals surface area contributed by atoms with Gasteiger partial charge in [-0.15, -0.1) is 0 Å². The molecule has 1 aromatic carbocycles. The molecule has 2 heterocycles. The van der Waals surface area contributed by atoms with Gasteiger partial charge in [-0.3, -0.25) is 0 Å². The lowest BCUT2D eigenvalue weighted by atomic mass is 10.1. The van der Waals surface area contributed by atoms with E-state index in [4.69, 9.17) is 18.6 Å². The van der Waals surface area contributed by atoms with E-state index >= 15 is 0 Å². The Labute approximate surface area is 161 Å². The van der Waals surface area contributed by atoms with Gasteiger partial charge in [0, 0.05) is 12.1 Å². The lowest BCUT2D eigenvalue weighted by Gasteiger charge is -2.29. The van der Waals surface area contributed by atoms with E-state index in [2.05, 4.69) is 11.4 Å². The summed E-state index contributed by atoms with van der Waals surface area (Å²) in [5, 5.41) is 2.32. The van der Waals surface area contributed by atoms with Crippen LogP contribution in [-0.4, -0.2) is 41.0 Å². The number of hydrogen-bond donors (Lipinski definition) is 2. The van der Waals surface area contributed by atoms with Crippen LogP contribution in [0.2, 0.25) is 0 Å². The van der Waals surface area contributed by atoms with Crippen molar-refractivity contribution in [2.75, 3.05) is 41.0 Å². The number of nitrogens with one attached hydrogen (secondary N) is 1. The molecule has 27 heavy (non-hydrogen) atoms. The van der Waals surface area contributed by atoms with Crippen molar-refractivity contribution < 1.29 is 28.8 Å². The van der Waals surface area contributed by atoms with Gasteiger partial charge in [0.25, 0.3) is 0 Å². The first-order valence-corrected chi connectivity index (χ1v) is 9.75. The van der Waals surface area contributed by atoms with Crippen LogP contribution in [0.4, 0.5) is 0 Å². The van der Waals surface area contributed by atoms with Crippen molar-refractivity contribution in [1.29, 1.82) is 0 Å². The number of ether oxygens (including phenoxy) is 3. The maximum Gasteiger partial charge on any atom is 0.195 e. The Morgan fingerprint density at radius 2 is 1.74 bits per heavy atom. The molecule has 3 N–H and O–H groups in total. The number of hydrogen-bond acceptors (Lipinski definition) is 4. The number of nitrogens with two attached hydrogens (primary N) is 1. The van der Waals surface area contributed by atoms with E-state index in [-0.39, 0.29) is 0 Å². The van der Waals surface area contributed by atoms with E-state index in [1.54, 1.807) is 32.5 Å². The molecule has 0 unspecified atom stereocenters. The summed E-state index contributed by atoms with van der Waals surface area (Å²) in [6, 6.07) is 8.28. The molecular formula is C21H32N2O4+2. The van der Waals surface area contributed by atoms with Crippen LogP contribution in [0.3, 0.4) is 0 Å². The van der Waals surface area contributed by atoms with Crippen LogP contribution in [-0.2, 0) is 6.54 Å². The van der Waals surface area contributed by atoms with E-state index in [1.807, 2.05) is 18.2 Å². The zero-order chi connectivity index (χ0) is 19.1. The molecule has 1 atom stereocenters. The van der Waals surface area contributed by atoms with Gasteiger partial charge < -0.3 is 28.8 Å². The minimum Gasteiger partial charge on any atom is -0.496 e. The van der Waals surface area contributed by atoms with Gasteiger partial charge in [-0.05, 0) is 31.4 Å². The molecule has 1 saturated heterocycles. The Balaban J connectivity index is 1.71. The number of methoxy groups -OCH3 is 3. The predicted octanol–water partition coefficient (Wildman–Crippen LogP) is 1.18. The molecule has 3 rings (SSSR count). The zero-order valence-electron chi connectivity index (χ0n) is 16.6. The summed E-state index contributed by atoms with van der Waals surface area (Å²) in [6.45, 7) is 4.17. The smallest absolute Gasteiger partial charge is 0.195 e. The van der Waals surface area contributed by atoms with Crippen molar-refractivity contribution in [1.82, 2.24) is 0 Å². The summed E-state index contributed by atoms with van der Waals surface area (Å²) >= 11 is 0. The van der Waals surface area contributed by atoms with Gasteiger partial charge in [0.15, 0.2) is 11.8 Å². The highest BCUT2D eigenvalue weighted by molar-refractivity contribution is 5.50. The van der Waals surface area contributed by atoms with E-state index in [0.29, 0.717) is 6.04 Å². The number of quaternary nitrogens is 2. The fourth-order valence-electron chi connectivity index (χ4n) is 4.00. The standard InChI is InChI=1S/C21H30N2O4/c1-24-16-12-20(25-2)17(21(13-16)26-3)14-22-15-18(19-8-7-11-27-19)23-9-5-4-6-10-23/h7-8,11-13,18,22H,4-6,9-10,14-15H2,1-3H3/p+2/t18-/m1/s1. The second-order valence-corrected chi connectivity index (χ2v) is 7.03. The van der Waals surface area contributed by atoms with Crippen molar-refractivity contribution in [3.63, 3.8) is 0 Å². The Bertz CT molecular complexity index is 671. The topological polar surface area (TPSA) is 61.9 Å². The summed E-state index contributed by atoms with van der Waals surface area (Å²) in [6.07, 6.45) is 5.72. The van der Waals surface area contributed by atoms with Crippen LogP contribution >= 0.6 is 0 Å². The Morgan fingerprint density at radius 1 is 1.04 bits per heavy atom. The Kier molecular flexibility index (Phi) is 7.01. The van der Waals surface area contributed by atoms with Gasteiger partial charge in [0.1, 0.15) is 30.3 Å². The third-order valence-corrected chi connectivity index (χ3v) is 5.44. The fourth-order valence-corrected chi connectivity index (χ4v) is 4.00. The van der Waals surface area contributed by atoms with Crippen LogP contribution in [0, 0.1) is 0 Å². The highest BCUT2D eigenvalue weighted by Gasteiger charge is 2.30. The molecule has 2 aromatic rings. The van der Waals surface area contributed by atoms with Gasteiger partial charge >= 0.3 is 0 Å². The minimum absolute atomic E-state index is 0.371. The molecule has 0 saturated carbocycles. The van der Waals surface area contributed by atoms with E-state index < -0.39 is 0 Å². The van der Waals surface area contributed by atoms with Crippen molar-refractivity contribution in [2.45, 2.75) is 31.8 Å². The van der Waals surface area contributed by atoms with E-state index in [9.17, 15) is 0 Å². The summed E-state index contributed by atoms with van der Waals surface area (Å²) in [4.78, 5) is 1.63. The van der Waals surface area contributed by atoms with Gasteiger partial charge in [0.2, 0.25) is 0 Å². The average Bonchev–Trinajstić information content (AvgIpc) is 3.25. The fraction of sp³-hybridized carbons (Fsp3) is 0.524. The van der Waals surface area contributed by atoms with Crippen LogP contribution in [0.5, 0.6) is 17.2 Å². The lowest BCUT2D eigenvalue weighted by molar-refractivity contribution is -0.951. The van der Waals surface area contributed by atoms with Gasteiger partial charge in [-0.25, -0.2) is 0 Å². The molecular weight excluding hydrogens is 344 g/mol. The molecule has 1 aliphatic rings. The van der Waals surface area contributed by atoms with Crippen LogP contribution in [0.15, 0.2) is 34.9 Å². The number of likely N-dealkylation sites (tertiary alicyclic amines) is 1. The normalized spacial score (nSPS) is 16.1. The summed E-state index contributed by atoms with van der Waals surface area (Å²) in [5.74, 6) is 3.40. The molecule has 1 aromatic heterocycles. The number of rotatable bonds is 9. The van der Waals surface area contributed by atoms with Gasteiger partial charge in [0.05, 0.1) is 46.2 Å². The maximum absolute atomic E-state index is 5.76. The zero-order valence-corrected chi connectivity index (χ0v) is 16.6. The second kappa shape index (κ2) is 9.67. The van der Waals surface area contributed by atoms with Crippen molar-refractivity contribution >= 4 is 0 Å². The molecule has 6 heteroatoms. The molecule has 0 spiro atoms. The highest BCUT2D eigenvalue weighted by atomic mass is 16.5. The first-order chi connectivity index (χ1) is 13.3. The molecule has 6 nitrogen and oxygen atoms in total. The van der Waals surface area contributed by atoms with Gasteiger partial charge in [-0.1, -0.05) is 0 Å². The first-order valence-electron chi connectivity index (χ1n) is 9.75. The minimum atomic E-state index is 0.371. The van der Waals surface area contributed by atoms with Crippen molar-refractivity contribution in [3.8, 4) is 17.2 Å². The maximum atomic E-state index is 5.76. The number of furan rings is 1. The van der Waals surface area contributed by atoms with E-state index in [0.717, 1.165) is 41.7 Å². The number of piperidine rings is 1. The Morgan fingerprint density at radius 3 is 2.30 bits per heavy atom. The van der Waals surface area contributed by atoms with Crippen LogP contribution < -0.4 is 24.4 Å². The SMILES string of the molecule is COc1cc(OC)c(C[NH2+]C[C@H](c2ccco2)[NH+]2CCCCC2)c(OC)c1. The first kappa shape index (κ1) is 19.6. The van der Waals surface area contributed by atoms with E-state index in [1.165, 1.54) is 32.4 Å². The molecule has 148 valence electrons. The lowest BCUT2D eigenvalue weighted by Crippen LogP contribution is -3.15. The van der Waals surface area contributed by atoms with Crippen molar-refractivity contribution in [3.05, 3.63) is 41.9 Å². The molecule has 0 bridgehead atoms. The third kappa shape index (κ3) is 4.76.